The molecule has 7 rings (SSSR count). The molecule has 0 atom stereocenters. The fraction of sp³-hybridized carbons (Fsp3) is 0.250. The number of aryl methyl sites for hydroxylation is 1. The normalized spacial score (nSPS) is 20.2. The van der Waals surface area contributed by atoms with Crippen molar-refractivity contribution in [1.82, 2.24) is 4.98 Å². The van der Waals surface area contributed by atoms with Gasteiger partial charge in [-0.1, -0.05) is 67.8 Å². The van der Waals surface area contributed by atoms with Gasteiger partial charge in [0.25, 0.3) is 0 Å². The summed E-state index contributed by atoms with van der Waals surface area (Å²) >= 11 is 0. The van der Waals surface area contributed by atoms with Gasteiger partial charge < -0.3 is 10.1 Å². The number of ketones is 1. The molecule has 1 fully saturated rings. The topological polar surface area (TPSA) is 56.1 Å². The van der Waals surface area contributed by atoms with Crippen LogP contribution in [0.4, 0.5) is 5.69 Å². The van der Waals surface area contributed by atoms with Gasteiger partial charge in [0.05, 0.1) is 21.9 Å². The number of nitrogens with zero attached hydrogens (tertiary/aromatic N) is 1. The van der Waals surface area contributed by atoms with Gasteiger partial charge in [0.15, 0.2) is 5.71 Å². The number of carbonyl (C=O) groups excluding carboxylic acids is 1. The summed E-state index contributed by atoms with van der Waals surface area (Å²) in [7, 11) is 2.12. The first kappa shape index (κ1) is 21.4. The van der Waals surface area contributed by atoms with Gasteiger partial charge in [-0.3, -0.25) is 4.79 Å². The highest BCUT2D eigenvalue weighted by atomic mass is 16.3. The lowest BCUT2D eigenvalue weighted by atomic mass is 9.66. The Morgan fingerprint density at radius 2 is 1.67 bits per heavy atom. The lowest BCUT2D eigenvalue weighted by Crippen LogP contribution is -2.37. The molecule has 178 valence electrons. The Bertz CT molecular complexity index is 1710. The molecule has 3 aliphatic rings. The lowest BCUT2D eigenvalue weighted by molar-refractivity contribution is -0.400. The predicted octanol–water partition coefficient (Wildman–Crippen LogP) is 7.04. The molecule has 2 aliphatic carbocycles. The van der Waals surface area contributed by atoms with Crippen LogP contribution in [0, 0.1) is 6.92 Å². The number of benzene rings is 3. The van der Waals surface area contributed by atoms with Crippen molar-refractivity contribution in [2.45, 2.75) is 44.4 Å². The number of hydrogen-bond acceptors (Lipinski definition) is 2. The number of hydrogen-bond donors (Lipinski definition) is 2. The first-order valence-electron chi connectivity index (χ1n) is 12.9. The van der Waals surface area contributed by atoms with Crippen LogP contribution in [0.5, 0.6) is 0 Å². The number of aromatic nitrogens is 1. The smallest absolute Gasteiger partial charge is 0.217 e. The third-order valence-electron chi connectivity index (χ3n) is 8.70. The number of carbonyl (C=O) groups is 1. The number of allylic oxidation sites excluding steroid dienone is 3. The van der Waals surface area contributed by atoms with Gasteiger partial charge in [-0.2, -0.15) is 4.58 Å². The minimum absolute atomic E-state index is 0.0759. The number of fused-ring (bicyclic) bond motifs is 5. The van der Waals surface area contributed by atoms with E-state index >= 15 is 0 Å². The van der Waals surface area contributed by atoms with Crippen molar-refractivity contribution in [2.24, 2.45) is 0 Å². The first-order valence-corrected chi connectivity index (χ1v) is 12.9. The number of rotatable bonds is 2. The minimum Gasteiger partial charge on any atom is -0.506 e. The van der Waals surface area contributed by atoms with E-state index in [4.69, 9.17) is 0 Å². The molecular formula is C32H29N2O2+. The zero-order valence-corrected chi connectivity index (χ0v) is 20.7. The summed E-state index contributed by atoms with van der Waals surface area (Å²) in [5, 5.41) is 14.7. The first-order chi connectivity index (χ1) is 17.5. The van der Waals surface area contributed by atoms with Crippen LogP contribution < -0.4 is 0 Å². The van der Waals surface area contributed by atoms with Crippen LogP contribution in [-0.4, -0.2) is 33.2 Å². The molecule has 0 radical (unpaired) electrons. The van der Waals surface area contributed by atoms with Gasteiger partial charge in [0.2, 0.25) is 11.5 Å². The molecule has 1 aliphatic heterocycles. The van der Waals surface area contributed by atoms with E-state index < -0.39 is 0 Å². The van der Waals surface area contributed by atoms with Gasteiger partial charge >= 0.3 is 0 Å². The summed E-state index contributed by atoms with van der Waals surface area (Å²) in [5.74, 6) is 0.0357. The highest BCUT2D eigenvalue weighted by Gasteiger charge is 2.52. The van der Waals surface area contributed by atoms with E-state index in [2.05, 4.69) is 53.0 Å². The lowest BCUT2D eigenvalue weighted by Gasteiger charge is -2.32. The van der Waals surface area contributed by atoms with Gasteiger partial charge in [-0.25, -0.2) is 0 Å². The highest BCUT2D eigenvalue weighted by Crippen LogP contribution is 2.52. The average molecular weight is 474 g/mol. The predicted molar refractivity (Wildman–Crippen MR) is 145 cm³/mol. The minimum atomic E-state index is -0.119. The van der Waals surface area contributed by atoms with E-state index in [1.807, 2.05) is 37.3 Å². The van der Waals surface area contributed by atoms with Crippen molar-refractivity contribution >= 4 is 44.4 Å². The molecule has 1 aromatic heterocycles. The molecule has 0 unspecified atom stereocenters. The summed E-state index contributed by atoms with van der Waals surface area (Å²) in [4.78, 5) is 16.9. The van der Waals surface area contributed by atoms with Crippen LogP contribution in [0.25, 0.3) is 27.2 Å². The molecule has 3 aromatic carbocycles. The van der Waals surface area contributed by atoms with Crippen LogP contribution in [0.15, 0.2) is 78.1 Å². The molecular weight excluding hydrogens is 444 g/mol. The highest BCUT2D eigenvalue weighted by molar-refractivity contribution is 6.41. The number of aromatic amines is 1. The van der Waals surface area contributed by atoms with E-state index in [0.717, 1.165) is 40.7 Å². The monoisotopic (exact) mass is 473 g/mol. The largest absolute Gasteiger partial charge is 0.506 e. The second-order valence-corrected chi connectivity index (χ2v) is 10.6. The average Bonchev–Trinajstić information content (AvgIpc) is 3.34. The summed E-state index contributed by atoms with van der Waals surface area (Å²) < 4.78 is 2.28. The Kier molecular flexibility index (Phi) is 4.47. The molecule has 1 saturated carbocycles. The Morgan fingerprint density at radius 1 is 0.944 bits per heavy atom. The van der Waals surface area contributed by atoms with Gasteiger partial charge in [0.1, 0.15) is 12.8 Å². The molecule has 2 N–H and O–H groups in total. The maximum Gasteiger partial charge on any atom is 0.217 e. The van der Waals surface area contributed by atoms with Gasteiger partial charge in [-0.05, 0) is 37.3 Å². The number of Topliss-reactive ketones (excluding diaryl/α,β-unsaturated/α-hetero) is 1. The second-order valence-electron chi connectivity index (χ2n) is 10.6. The van der Waals surface area contributed by atoms with Gasteiger partial charge in [0, 0.05) is 33.8 Å². The van der Waals surface area contributed by atoms with Crippen molar-refractivity contribution in [1.29, 1.82) is 0 Å². The maximum atomic E-state index is 13.6. The number of para-hydroxylation sites is 1. The molecule has 0 bridgehead atoms. The van der Waals surface area contributed by atoms with E-state index in [0.29, 0.717) is 11.1 Å². The number of H-pyrrole nitrogens is 1. The van der Waals surface area contributed by atoms with E-state index in [-0.39, 0.29) is 17.0 Å². The molecule has 4 aromatic rings. The molecule has 4 heteroatoms. The Labute approximate surface area is 210 Å². The molecule has 36 heavy (non-hydrogen) atoms. The van der Waals surface area contributed by atoms with Crippen LogP contribution in [-0.2, 0) is 10.2 Å². The molecule has 0 saturated heterocycles. The van der Waals surface area contributed by atoms with E-state index in [1.54, 1.807) is 0 Å². The van der Waals surface area contributed by atoms with Crippen molar-refractivity contribution in [3.63, 3.8) is 0 Å². The van der Waals surface area contributed by atoms with Crippen LogP contribution in [0.2, 0.25) is 0 Å². The zero-order valence-electron chi connectivity index (χ0n) is 20.7. The van der Waals surface area contributed by atoms with Crippen molar-refractivity contribution in [2.75, 3.05) is 7.05 Å². The quantitative estimate of drug-likeness (QED) is 0.242. The summed E-state index contributed by atoms with van der Waals surface area (Å²) in [6.07, 6.45) is 7.70. The SMILES string of the molecule is Cc1[nH]c2ccccc2c1C1=C(O)/C(=C/C2=[N+](C)c3c(ccc4ccccc34)C23CCCCC3)C1=O. The van der Waals surface area contributed by atoms with E-state index in [9.17, 15) is 9.90 Å². The summed E-state index contributed by atoms with van der Waals surface area (Å²) in [5.41, 5.74) is 7.17. The molecule has 1 spiro atoms. The summed E-state index contributed by atoms with van der Waals surface area (Å²) in [6.45, 7) is 1.96. The number of aliphatic hydroxyl groups excluding tert-OH is 1. The van der Waals surface area contributed by atoms with Gasteiger partial charge in [-0.15, -0.1) is 0 Å². The Hall–Kier alpha value is -3.92. The maximum absolute atomic E-state index is 13.6. The standard InChI is InChI=1S/C32H28N2O2/c1-19-27(22-12-6-7-13-25(22)33-19)28-30(35)23(31(28)36)18-26-32(16-8-3-9-17-32)24-15-14-20-10-4-5-11-21(20)29(24)34(26)2/h4-7,10-15,18H,3,8-9,16-17H2,1-2H3,(H,35,36)/p+1. The van der Waals surface area contributed by atoms with Crippen molar-refractivity contribution in [3.05, 3.63) is 94.9 Å². The Morgan fingerprint density at radius 3 is 2.44 bits per heavy atom. The molecule has 0 amide bonds. The van der Waals surface area contributed by atoms with E-state index in [1.165, 1.54) is 41.3 Å². The molecule has 4 nitrogen and oxygen atoms in total. The fourth-order valence-electron chi connectivity index (χ4n) is 7.02. The van der Waals surface area contributed by atoms with Crippen LogP contribution in [0.3, 0.4) is 0 Å². The zero-order chi connectivity index (χ0) is 24.6. The van der Waals surface area contributed by atoms with Crippen LogP contribution >= 0.6 is 0 Å². The summed E-state index contributed by atoms with van der Waals surface area (Å²) in [6, 6.07) is 21.0. The Balaban J connectivity index is 1.42. The fourth-order valence-corrected chi connectivity index (χ4v) is 7.02. The third-order valence-corrected chi connectivity index (χ3v) is 8.70. The molecule has 2 heterocycles. The van der Waals surface area contributed by atoms with Crippen molar-refractivity contribution in [3.8, 4) is 0 Å². The second kappa shape index (κ2) is 7.54. The van der Waals surface area contributed by atoms with Crippen molar-refractivity contribution < 1.29 is 14.5 Å². The van der Waals surface area contributed by atoms with Crippen LogP contribution in [0.1, 0.15) is 48.9 Å². The third kappa shape index (κ3) is 2.70. The number of aliphatic hydroxyl groups is 1. The number of nitrogens with one attached hydrogen (secondary N) is 1.